The third kappa shape index (κ3) is 2.16. The SMILES string of the molecule is CC(C)(C)C1=CC2=C3C(=C4C=C(C(C)(C)C)C=C5C=CC(=C1)[C@]2(C)[C@@]54C)C1C=CC3O1. The Morgan fingerprint density at radius 1 is 0.645 bits per heavy atom. The van der Waals surface area contributed by atoms with Crippen molar-refractivity contribution < 1.29 is 4.74 Å². The minimum absolute atomic E-state index is 0.0852. The summed E-state index contributed by atoms with van der Waals surface area (Å²) in [6.07, 6.45) is 19.5. The lowest BCUT2D eigenvalue weighted by atomic mass is 9.43. The molecular formula is C30H34O. The Labute approximate surface area is 187 Å². The predicted molar refractivity (Wildman–Crippen MR) is 128 cm³/mol. The lowest BCUT2D eigenvalue weighted by Crippen LogP contribution is -2.50. The third-order valence-electron chi connectivity index (χ3n) is 8.82. The number of rotatable bonds is 0. The molecule has 2 bridgehead atoms. The molecule has 0 radical (unpaired) electrons. The van der Waals surface area contributed by atoms with Gasteiger partial charge in [0.05, 0.1) is 0 Å². The van der Waals surface area contributed by atoms with Gasteiger partial charge in [0.25, 0.3) is 0 Å². The summed E-state index contributed by atoms with van der Waals surface area (Å²) in [4.78, 5) is 0. The van der Waals surface area contributed by atoms with E-state index in [-0.39, 0.29) is 33.9 Å². The zero-order valence-electron chi connectivity index (χ0n) is 20.2. The van der Waals surface area contributed by atoms with Crippen LogP contribution in [-0.4, -0.2) is 12.2 Å². The molecule has 1 saturated heterocycles. The fourth-order valence-corrected chi connectivity index (χ4v) is 6.59. The zero-order chi connectivity index (χ0) is 22.1. The first-order valence-electron chi connectivity index (χ1n) is 11.8. The van der Waals surface area contributed by atoms with Crippen molar-refractivity contribution in [2.45, 2.75) is 67.6 Å². The van der Waals surface area contributed by atoms with Gasteiger partial charge < -0.3 is 4.74 Å². The zero-order valence-corrected chi connectivity index (χ0v) is 20.2. The summed E-state index contributed by atoms with van der Waals surface area (Å²) in [5.74, 6) is 0. The fraction of sp³-hybridized carbons (Fsp3) is 0.467. The molecule has 2 aliphatic heterocycles. The van der Waals surface area contributed by atoms with Crippen LogP contribution in [0.15, 0.2) is 93.2 Å². The van der Waals surface area contributed by atoms with Crippen LogP contribution in [0.2, 0.25) is 0 Å². The first-order chi connectivity index (χ1) is 14.4. The van der Waals surface area contributed by atoms with Gasteiger partial charge in [-0.15, -0.1) is 0 Å². The Hall–Kier alpha value is -2.12. The summed E-state index contributed by atoms with van der Waals surface area (Å²) in [5, 5.41) is 0. The fourth-order valence-electron chi connectivity index (χ4n) is 6.59. The van der Waals surface area contributed by atoms with Crippen molar-refractivity contribution in [3.05, 3.63) is 93.2 Å². The van der Waals surface area contributed by atoms with Gasteiger partial charge in [-0.25, -0.2) is 0 Å². The van der Waals surface area contributed by atoms with Gasteiger partial charge in [0.1, 0.15) is 12.2 Å². The van der Waals surface area contributed by atoms with Crippen LogP contribution in [0.3, 0.4) is 0 Å². The molecule has 31 heavy (non-hydrogen) atoms. The number of hydrogen-bond acceptors (Lipinski definition) is 1. The van der Waals surface area contributed by atoms with Crippen LogP contribution in [-0.2, 0) is 4.74 Å². The highest BCUT2D eigenvalue weighted by atomic mass is 16.5. The van der Waals surface area contributed by atoms with Crippen molar-refractivity contribution in [2.24, 2.45) is 21.7 Å². The van der Waals surface area contributed by atoms with Crippen LogP contribution in [0.5, 0.6) is 0 Å². The number of ether oxygens (including phenoxy) is 1. The van der Waals surface area contributed by atoms with Crippen LogP contribution < -0.4 is 0 Å². The van der Waals surface area contributed by atoms with E-state index in [1.54, 1.807) is 0 Å². The van der Waals surface area contributed by atoms with Crippen LogP contribution in [0, 0.1) is 21.7 Å². The molecule has 4 atom stereocenters. The van der Waals surface area contributed by atoms with E-state index in [2.05, 4.69) is 104 Å². The lowest BCUT2D eigenvalue weighted by molar-refractivity contribution is 0.138. The molecule has 0 aromatic carbocycles. The molecule has 1 fully saturated rings. The van der Waals surface area contributed by atoms with Gasteiger partial charge in [-0.05, 0) is 55.4 Å². The van der Waals surface area contributed by atoms with Crippen molar-refractivity contribution in [3.63, 3.8) is 0 Å². The van der Waals surface area contributed by atoms with Gasteiger partial charge in [-0.3, -0.25) is 0 Å². The Morgan fingerprint density at radius 2 is 1.03 bits per heavy atom. The van der Waals surface area contributed by atoms with E-state index in [9.17, 15) is 0 Å². The number of hydrogen-bond donors (Lipinski definition) is 0. The summed E-state index contributed by atoms with van der Waals surface area (Å²) in [5.41, 5.74) is 11.6. The highest BCUT2D eigenvalue weighted by Crippen LogP contribution is 2.70. The third-order valence-corrected chi connectivity index (χ3v) is 8.82. The summed E-state index contributed by atoms with van der Waals surface area (Å²) in [7, 11) is 0. The molecule has 6 aliphatic rings. The number of fused-ring (bicyclic) bond motifs is 5. The predicted octanol–water partition coefficient (Wildman–Crippen LogP) is 7.34. The molecule has 0 amide bonds. The molecule has 1 nitrogen and oxygen atoms in total. The maximum Gasteiger partial charge on any atom is 0.103 e. The van der Waals surface area contributed by atoms with Crippen molar-refractivity contribution in [1.82, 2.24) is 0 Å². The Kier molecular flexibility index (Phi) is 3.43. The van der Waals surface area contributed by atoms with Crippen LogP contribution in [0.1, 0.15) is 55.4 Å². The molecular weight excluding hydrogens is 376 g/mol. The largest absolute Gasteiger partial charge is 0.357 e. The molecule has 0 aromatic rings. The highest BCUT2D eigenvalue weighted by molar-refractivity contribution is 5.75. The van der Waals surface area contributed by atoms with Gasteiger partial charge in [0.2, 0.25) is 0 Å². The minimum atomic E-state index is -0.0852. The number of allylic oxidation sites excluding steroid dienone is 12. The van der Waals surface area contributed by atoms with E-state index in [1.807, 2.05) is 0 Å². The molecule has 1 heteroatoms. The first-order valence-corrected chi connectivity index (χ1v) is 11.8. The van der Waals surface area contributed by atoms with E-state index in [1.165, 1.54) is 44.6 Å². The molecule has 2 heterocycles. The maximum atomic E-state index is 6.50. The Morgan fingerprint density at radius 3 is 1.39 bits per heavy atom. The standard InChI is InChI=1S/C30H34O/c1-27(2,3)19-13-17-9-10-18-14-20(28(4,5)6)16-22-26-24-12-11-23(31-24)25(26)21(15-19)29(17,7)30(18,22)8/h9-16,23-24H,1-8H3/t23?,24?,29-,30-/m0/s1. The topological polar surface area (TPSA) is 9.23 Å². The smallest absolute Gasteiger partial charge is 0.103 e. The molecule has 0 aromatic heterocycles. The molecule has 0 saturated carbocycles. The second-order valence-corrected chi connectivity index (χ2v) is 12.5. The molecule has 6 rings (SSSR count). The van der Waals surface area contributed by atoms with Gasteiger partial charge in [-0.2, -0.15) is 0 Å². The Bertz CT molecular complexity index is 1100. The van der Waals surface area contributed by atoms with E-state index in [0.717, 1.165) is 0 Å². The lowest BCUT2D eigenvalue weighted by Gasteiger charge is -2.59. The van der Waals surface area contributed by atoms with Crippen LogP contribution in [0.25, 0.3) is 0 Å². The van der Waals surface area contributed by atoms with Crippen molar-refractivity contribution in [2.75, 3.05) is 0 Å². The van der Waals surface area contributed by atoms with Crippen molar-refractivity contribution in [1.29, 1.82) is 0 Å². The monoisotopic (exact) mass is 410 g/mol. The van der Waals surface area contributed by atoms with Crippen molar-refractivity contribution >= 4 is 0 Å². The first kappa shape index (κ1) is 19.6. The second kappa shape index (κ2) is 5.44. The van der Waals surface area contributed by atoms with E-state index in [4.69, 9.17) is 4.74 Å². The summed E-state index contributed by atoms with van der Waals surface area (Å²) < 4.78 is 6.50. The average Bonchev–Trinajstić information content (AvgIpc) is 3.26. The minimum Gasteiger partial charge on any atom is -0.357 e. The van der Waals surface area contributed by atoms with Gasteiger partial charge in [0.15, 0.2) is 0 Å². The van der Waals surface area contributed by atoms with E-state index < -0.39 is 0 Å². The van der Waals surface area contributed by atoms with Crippen LogP contribution in [0.4, 0.5) is 0 Å². The average molecular weight is 411 g/mol. The van der Waals surface area contributed by atoms with Crippen molar-refractivity contribution in [3.8, 4) is 0 Å². The molecule has 2 unspecified atom stereocenters. The summed E-state index contributed by atoms with van der Waals surface area (Å²) >= 11 is 0. The maximum absolute atomic E-state index is 6.50. The molecule has 0 N–H and O–H groups in total. The second-order valence-electron chi connectivity index (χ2n) is 12.5. The van der Waals surface area contributed by atoms with E-state index in [0.29, 0.717) is 0 Å². The highest BCUT2D eigenvalue weighted by Gasteiger charge is 2.62. The van der Waals surface area contributed by atoms with Gasteiger partial charge >= 0.3 is 0 Å². The van der Waals surface area contributed by atoms with Gasteiger partial charge in [0, 0.05) is 10.8 Å². The molecule has 4 aliphatic carbocycles. The van der Waals surface area contributed by atoms with Gasteiger partial charge in [-0.1, -0.05) is 104 Å². The Balaban J connectivity index is 1.77. The van der Waals surface area contributed by atoms with Crippen LogP contribution >= 0.6 is 0 Å². The molecule has 0 spiro atoms. The van der Waals surface area contributed by atoms with E-state index >= 15 is 0 Å². The summed E-state index contributed by atoms with van der Waals surface area (Å²) in [6, 6.07) is 0. The molecule has 160 valence electrons. The quantitative estimate of drug-likeness (QED) is 0.380. The normalized spacial score (nSPS) is 37.4. The summed E-state index contributed by atoms with van der Waals surface area (Å²) in [6.45, 7) is 18.9.